The Bertz CT molecular complexity index is 678. The van der Waals surface area contributed by atoms with Crippen molar-refractivity contribution in [3.8, 4) is 0 Å². The van der Waals surface area contributed by atoms with Crippen LogP contribution in [0.2, 0.25) is 0 Å². The van der Waals surface area contributed by atoms with Gasteiger partial charge in [-0.1, -0.05) is 0 Å². The maximum Gasteiger partial charge on any atom is 0.328 e. The summed E-state index contributed by atoms with van der Waals surface area (Å²) in [5.41, 5.74) is 6.34. The highest BCUT2D eigenvalue weighted by molar-refractivity contribution is 5.92. The first-order chi connectivity index (χ1) is 13.1. The molecular formula is C15H24N6O7. The number of hydrogen-bond acceptors (Lipinski definition) is 8. The zero-order valence-corrected chi connectivity index (χ0v) is 15.1. The Kier molecular flexibility index (Phi) is 9.01. The number of aliphatic hydroxyl groups excluding tert-OH is 2. The number of imidazole rings is 1. The Morgan fingerprint density at radius 3 is 2.43 bits per heavy atom. The molecule has 0 saturated carbocycles. The molecule has 13 heteroatoms. The van der Waals surface area contributed by atoms with E-state index >= 15 is 0 Å². The van der Waals surface area contributed by atoms with Crippen molar-refractivity contribution in [3.05, 3.63) is 18.2 Å². The van der Waals surface area contributed by atoms with Gasteiger partial charge < -0.3 is 42.0 Å². The number of aliphatic hydroxyl groups is 2. The highest BCUT2D eigenvalue weighted by Gasteiger charge is 2.26. The maximum atomic E-state index is 12.0. The van der Waals surface area contributed by atoms with E-state index in [-0.39, 0.29) is 6.42 Å². The lowest BCUT2D eigenvalue weighted by atomic mass is 10.1. The molecule has 1 heterocycles. The minimum absolute atomic E-state index is 0.129. The molecular weight excluding hydrogens is 376 g/mol. The quantitative estimate of drug-likeness (QED) is 0.180. The number of rotatable bonds is 11. The summed E-state index contributed by atoms with van der Waals surface area (Å²) in [4.78, 5) is 53.2. The number of carboxylic acids is 1. The van der Waals surface area contributed by atoms with E-state index in [0.29, 0.717) is 5.69 Å². The van der Waals surface area contributed by atoms with E-state index in [0.717, 1.165) is 0 Å². The molecule has 28 heavy (non-hydrogen) atoms. The molecule has 0 saturated heterocycles. The molecule has 0 aliphatic carbocycles. The second-order valence-electron chi connectivity index (χ2n) is 5.97. The molecule has 3 amide bonds. The number of aromatic amines is 1. The van der Waals surface area contributed by atoms with E-state index in [1.165, 1.54) is 19.4 Å². The summed E-state index contributed by atoms with van der Waals surface area (Å²) in [6.07, 6.45) is 1.68. The van der Waals surface area contributed by atoms with Gasteiger partial charge in [-0.3, -0.25) is 14.4 Å². The number of hydrogen-bond donors (Lipinski definition) is 8. The van der Waals surface area contributed by atoms with Crippen molar-refractivity contribution in [2.45, 2.75) is 37.6 Å². The zero-order chi connectivity index (χ0) is 21.3. The first-order valence-electron chi connectivity index (χ1n) is 8.27. The van der Waals surface area contributed by atoms with Gasteiger partial charge in [-0.15, -0.1) is 0 Å². The van der Waals surface area contributed by atoms with E-state index < -0.39 is 61.1 Å². The lowest BCUT2D eigenvalue weighted by Crippen LogP contribution is -2.55. The molecule has 9 N–H and O–H groups in total. The summed E-state index contributed by atoms with van der Waals surface area (Å²) in [5.74, 6) is -3.89. The van der Waals surface area contributed by atoms with Gasteiger partial charge >= 0.3 is 5.97 Å². The van der Waals surface area contributed by atoms with Crippen molar-refractivity contribution in [3.63, 3.8) is 0 Å². The number of amides is 3. The standard InChI is InChI=1S/C15H24N6O7/c1-7(23)12(15(27)28)21-11(24)4-18-14(26)10(5-22)20-13(25)9(16)2-8-3-17-6-19-8/h3,6-7,9-10,12,22-23H,2,4-5,16H2,1H3,(H,17,19)(H,18,26)(H,20,25)(H,21,24)(H,27,28). The topological polar surface area (TPSA) is 220 Å². The van der Waals surface area contributed by atoms with Crippen LogP contribution in [0.15, 0.2) is 12.5 Å². The molecule has 13 nitrogen and oxygen atoms in total. The second kappa shape index (κ2) is 11.0. The van der Waals surface area contributed by atoms with Gasteiger partial charge in [0.2, 0.25) is 17.7 Å². The fraction of sp³-hybridized carbons (Fsp3) is 0.533. The van der Waals surface area contributed by atoms with Crippen LogP contribution in [0.1, 0.15) is 12.6 Å². The van der Waals surface area contributed by atoms with Crippen LogP contribution in [0.25, 0.3) is 0 Å². The Morgan fingerprint density at radius 1 is 1.25 bits per heavy atom. The Balaban J connectivity index is 2.50. The van der Waals surface area contributed by atoms with Crippen LogP contribution in [-0.2, 0) is 25.6 Å². The largest absolute Gasteiger partial charge is 0.480 e. The van der Waals surface area contributed by atoms with Crippen molar-refractivity contribution in [1.29, 1.82) is 0 Å². The number of H-pyrrole nitrogens is 1. The second-order valence-corrected chi connectivity index (χ2v) is 5.97. The lowest BCUT2D eigenvalue weighted by molar-refractivity contribution is -0.144. The van der Waals surface area contributed by atoms with Crippen molar-refractivity contribution >= 4 is 23.7 Å². The fourth-order valence-electron chi connectivity index (χ4n) is 2.10. The predicted molar refractivity (Wildman–Crippen MR) is 93.5 cm³/mol. The zero-order valence-electron chi connectivity index (χ0n) is 15.1. The average Bonchev–Trinajstić information content (AvgIpc) is 3.14. The summed E-state index contributed by atoms with van der Waals surface area (Å²) >= 11 is 0. The summed E-state index contributed by atoms with van der Waals surface area (Å²) in [6.45, 7) is -0.190. The van der Waals surface area contributed by atoms with Gasteiger partial charge in [0.05, 0.1) is 31.6 Å². The van der Waals surface area contributed by atoms with Crippen LogP contribution in [0, 0.1) is 0 Å². The molecule has 0 fully saturated rings. The molecule has 0 aliphatic rings. The summed E-state index contributed by atoms with van der Waals surface area (Å²) in [5, 5.41) is 33.9. The SMILES string of the molecule is CC(O)C(NC(=O)CNC(=O)C(CO)NC(=O)C(N)Cc1cnc[nH]1)C(=O)O. The Hall–Kier alpha value is -3.03. The maximum absolute atomic E-state index is 12.0. The van der Waals surface area contributed by atoms with E-state index in [2.05, 4.69) is 20.6 Å². The highest BCUT2D eigenvalue weighted by atomic mass is 16.4. The third kappa shape index (κ3) is 7.30. The predicted octanol–water partition coefficient (Wildman–Crippen LogP) is -4.18. The number of carbonyl (C=O) groups excluding carboxylic acids is 3. The first-order valence-corrected chi connectivity index (χ1v) is 8.27. The van der Waals surface area contributed by atoms with Gasteiger partial charge in [-0.05, 0) is 6.92 Å². The normalized spacial score (nSPS) is 15.0. The van der Waals surface area contributed by atoms with Gasteiger partial charge in [-0.25, -0.2) is 9.78 Å². The van der Waals surface area contributed by atoms with Crippen LogP contribution in [-0.4, -0.2) is 86.4 Å². The van der Waals surface area contributed by atoms with Gasteiger partial charge in [-0.2, -0.15) is 0 Å². The number of nitrogens with one attached hydrogen (secondary N) is 4. The summed E-state index contributed by atoms with van der Waals surface area (Å²) < 4.78 is 0. The van der Waals surface area contributed by atoms with Crippen molar-refractivity contribution < 1.29 is 34.5 Å². The highest BCUT2D eigenvalue weighted by Crippen LogP contribution is 1.97. The fourth-order valence-corrected chi connectivity index (χ4v) is 2.10. The van der Waals surface area contributed by atoms with Crippen LogP contribution in [0.3, 0.4) is 0 Å². The van der Waals surface area contributed by atoms with Crippen LogP contribution < -0.4 is 21.7 Å². The number of nitrogens with zero attached hydrogens (tertiary/aromatic N) is 1. The van der Waals surface area contributed by atoms with Crippen LogP contribution in [0.4, 0.5) is 0 Å². The molecule has 1 rings (SSSR count). The number of carbonyl (C=O) groups is 4. The minimum atomic E-state index is -1.54. The third-order valence-corrected chi connectivity index (χ3v) is 3.64. The number of nitrogens with two attached hydrogens (primary N) is 1. The van der Waals surface area contributed by atoms with E-state index in [1.807, 2.05) is 5.32 Å². The number of carboxylic acid groups (broad SMARTS) is 1. The summed E-state index contributed by atoms with van der Waals surface area (Å²) in [6, 6.07) is -3.91. The molecule has 1 aromatic heterocycles. The molecule has 156 valence electrons. The molecule has 0 aliphatic heterocycles. The van der Waals surface area contributed by atoms with E-state index in [4.69, 9.17) is 10.8 Å². The monoisotopic (exact) mass is 400 g/mol. The van der Waals surface area contributed by atoms with Gasteiger partial charge in [0.25, 0.3) is 0 Å². The molecule has 0 bridgehead atoms. The lowest BCUT2D eigenvalue weighted by Gasteiger charge is -2.20. The third-order valence-electron chi connectivity index (χ3n) is 3.64. The molecule has 1 aromatic rings. The van der Waals surface area contributed by atoms with Crippen molar-refractivity contribution in [2.75, 3.05) is 13.2 Å². The van der Waals surface area contributed by atoms with Gasteiger partial charge in [0.1, 0.15) is 6.04 Å². The van der Waals surface area contributed by atoms with Crippen LogP contribution in [0.5, 0.6) is 0 Å². The van der Waals surface area contributed by atoms with Crippen molar-refractivity contribution in [2.24, 2.45) is 5.73 Å². The van der Waals surface area contributed by atoms with Crippen molar-refractivity contribution in [1.82, 2.24) is 25.9 Å². The smallest absolute Gasteiger partial charge is 0.328 e. The molecule has 4 atom stereocenters. The number of aliphatic carboxylic acids is 1. The van der Waals surface area contributed by atoms with E-state index in [1.54, 1.807) is 0 Å². The minimum Gasteiger partial charge on any atom is -0.480 e. The Morgan fingerprint density at radius 2 is 1.93 bits per heavy atom. The first kappa shape index (κ1) is 23.0. The molecule has 4 unspecified atom stereocenters. The number of aromatic nitrogens is 2. The average molecular weight is 400 g/mol. The van der Waals surface area contributed by atoms with E-state index in [9.17, 15) is 29.4 Å². The molecule has 0 aromatic carbocycles. The van der Waals surface area contributed by atoms with Gasteiger partial charge in [0, 0.05) is 18.3 Å². The summed E-state index contributed by atoms with van der Waals surface area (Å²) in [7, 11) is 0. The van der Waals surface area contributed by atoms with Gasteiger partial charge in [0.15, 0.2) is 6.04 Å². The molecule has 0 spiro atoms. The Labute approximate surface area is 159 Å². The van der Waals surface area contributed by atoms with Crippen LogP contribution >= 0.6 is 0 Å². The molecule has 0 radical (unpaired) electrons.